The average Bonchev–Trinajstić information content (AvgIpc) is 3.23. The van der Waals surface area contributed by atoms with Crippen LogP contribution in [0.25, 0.3) is 11.5 Å². The molecular formula is C16H14FN7. The van der Waals surface area contributed by atoms with Gasteiger partial charge in [-0.15, -0.1) is 0 Å². The molecule has 0 amide bonds. The minimum Gasteiger partial charge on any atom is -0.366 e. The van der Waals surface area contributed by atoms with Crippen molar-refractivity contribution in [2.45, 2.75) is 13.5 Å². The monoisotopic (exact) mass is 323 g/mol. The van der Waals surface area contributed by atoms with E-state index in [-0.39, 0.29) is 5.82 Å². The van der Waals surface area contributed by atoms with Crippen molar-refractivity contribution in [3.8, 4) is 5.69 Å². The highest BCUT2D eigenvalue weighted by atomic mass is 19.1. The predicted octanol–water partition coefficient (Wildman–Crippen LogP) is 2.37. The van der Waals surface area contributed by atoms with Crippen molar-refractivity contribution >= 4 is 11.6 Å². The normalized spacial score (nSPS) is 11.1. The maximum Gasteiger partial charge on any atom is 0.254 e. The van der Waals surface area contributed by atoms with Crippen LogP contribution in [0.3, 0.4) is 0 Å². The Morgan fingerprint density at radius 2 is 2.17 bits per heavy atom. The molecule has 4 aromatic rings. The molecule has 24 heavy (non-hydrogen) atoms. The van der Waals surface area contributed by atoms with Gasteiger partial charge in [-0.2, -0.15) is 14.6 Å². The SMILES string of the molecule is Cc1cc(NCc2ccc(-n3ccnc3)c(F)c2)n2ncnc2n1. The van der Waals surface area contributed by atoms with E-state index in [4.69, 9.17) is 0 Å². The summed E-state index contributed by atoms with van der Waals surface area (Å²) < 4.78 is 17.5. The number of aryl methyl sites for hydroxylation is 1. The smallest absolute Gasteiger partial charge is 0.254 e. The van der Waals surface area contributed by atoms with Gasteiger partial charge in [0.2, 0.25) is 0 Å². The summed E-state index contributed by atoms with van der Waals surface area (Å²) in [6.45, 7) is 2.35. The fraction of sp³-hybridized carbons (Fsp3) is 0.125. The second-order valence-corrected chi connectivity index (χ2v) is 5.36. The second kappa shape index (κ2) is 5.73. The molecule has 120 valence electrons. The molecule has 8 heteroatoms. The number of aromatic nitrogens is 6. The number of halogens is 1. The Hall–Kier alpha value is -3.29. The molecule has 3 heterocycles. The lowest BCUT2D eigenvalue weighted by Gasteiger charge is -2.10. The minimum absolute atomic E-state index is 0.302. The minimum atomic E-state index is -0.302. The van der Waals surface area contributed by atoms with Gasteiger partial charge in [-0.1, -0.05) is 6.07 Å². The highest BCUT2D eigenvalue weighted by Crippen LogP contribution is 2.17. The highest BCUT2D eigenvalue weighted by molar-refractivity contribution is 5.45. The first kappa shape index (κ1) is 14.3. The molecule has 4 rings (SSSR count). The van der Waals surface area contributed by atoms with E-state index in [1.165, 1.54) is 12.4 Å². The first-order chi connectivity index (χ1) is 11.7. The van der Waals surface area contributed by atoms with E-state index in [1.807, 2.05) is 19.1 Å². The van der Waals surface area contributed by atoms with Crippen LogP contribution >= 0.6 is 0 Å². The lowest BCUT2D eigenvalue weighted by atomic mass is 10.2. The van der Waals surface area contributed by atoms with Gasteiger partial charge in [0.05, 0.1) is 12.0 Å². The van der Waals surface area contributed by atoms with Gasteiger partial charge in [0, 0.05) is 30.7 Å². The average molecular weight is 323 g/mol. The molecule has 0 bridgehead atoms. The molecule has 7 nitrogen and oxygen atoms in total. The number of anilines is 1. The summed E-state index contributed by atoms with van der Waals surface area (Å²) in [6.07, 6.45) is 6.34. The van der Waals surface area contributed by atoms with E-state index in [1.54, 1.807) is 33.9 Å². The number of nitrogens with zero attached hydrogens (tertiary/aromatic N) is 6. The Balaban J connectivity index is 1.57. The van der Waals surface area contributed by atoms with E-state index in [0.29, 0.717) is 18.0 Å². The fourth-order valence-corrected chi connectivity index (χ4v) is 2.52. The summed E-state index contributed by atoms with van der Waals surface area (Å²) in [5.74, 6) is 0.984. The van der Waals surface area contributed by atoms with Gasteiger partial charge in [0.15, 0.2) is 0 Å². The van der Waals surface area contributed by atoms with E-state index < -0.39 is 0 Å². The van der Waals surface area contributed by atoms with Crippen molar-refractivity contribution in [3.63, 3.8) is 0 Å². The molecule has 0 spiro atoms. The topological polar surface area (TPSA) is 72.9 Å². The third-order valence-electron chi connectivity index (χ3n) is 3.65. The number of imidazole rings is 1. The fourth-order valence-electron chi connectivity index (χ4n) is 2.52. The van der Waals surface area contributed by atoms with Crippen LogP contribution in [-0.4, -0.2) is 29.1 Å². The maximum atomic E-state index is 14.3. The molecule has 0 fully saturated rings. The zero-order valence-electron chi connectivity index (χ0n) is 12.9. The maximum absolute atomic E-state index is 14.3. The third-order valence-corrected chi connectivity index (χ3v) is 3.65. The summed E-state index contributed by atoms with van der Waals surface area (Å²) in [5.41, 5.74) is 2.12. The van der Waals surface area contributed by atoms with Gasteiger partial charge in [-0.25, -0.2) is 14.4 Å². The van der Waals surface area contributed by atoms with Crippen molar-refractivity contribution < 1.29 is 4.39 Å². The molecular weight excluding hydrogens is 309 g/mol. The van der Waals surface area contributed by atoms with Gasteiger partial charge in [0.25, 0.3) is 5.78 Å². The van der Waals surface area contributed by atoms with E-state index >= 15 is 0 Å². The Bertz CT molecular complexity index is 991. The molecule has 1 aromatic carbocycles. The van der Waals surface area contributed by atoms with Gasteiger partial charge >= 0.3 is 0 Å². The Morgan fingerprint density at radius 1 is 1.25 bits per heavy atom. The van der Waals surface area contributed by atoms with E-state index in [0.717, 1.165) is 17.1 Å². The number of nitrogens with one attached hydrogen (secondary N) is 1. The molecule has 3 aromatic heterocycles. The van der Waals surface area contributed by atoms with Crippen LogP contribution in [0.2, 0.25) is 0 Å². The van der Waals surface area contributed by atoms with Crippen LogP contribution < -0.4 is 5.32 Å². The summed E-state index contributed by atoms with van der Waals surface area (Å²) in [4.78, 5) is 12.3. The molecule has 0 atom stereocenters. The lowest BCUT2D eigenvalue weighted by molar-refractivity contribution is 0.616. The molecule has 0 unspecified atom stereocenters. The zero-order chi connectivity index (χ0) is 16.5. The zero-order valence-corrected chi connectivity index (χ0v) is 12.9. The van der Waals surface area contributed by atoms with Gasteiger partial charge < -0.3 is 9.88 Å². The number of benzene rings is 1. The Kier molecular flexibility index (Phi) is 3.42. The summed E-state index contributed by atoms with van der Waals surface area (Å²) >= 11 is 0. The standard InChI is InChI=1S/C16H14FN7/c1-11-6-15(24-16(22-11)20-9-21-24)19-8-12-2-3-14(13(17)7-12)23-5-4-18-10-23/h2-7,9-10,19H,8H2,1H3. The largest absolute Gasteiger partial charge is 0.366 e. The number of hydrogen-bond acceptors (Lipinski definition) is 5. The van der Waals surface area contributed by atoms with Gasteiger partial charge in [0.1, 0.15) is 18.0 Å². The Labute approximate surface area is 136 Å². The van der Waals surface area contributed by atoms with E-state index in [2.05, 4.69) is 25.4 Å². The van der Waals surface area contributed by atoms with Crippen LogP contribution in [-0.2, 0) is 6.54 Å². The molecule has 0 aliphatic rings. The molecule has 1 N–H and O–H groups in total. The van der Waals surface area contributed by atoms with Crippen LogP contribution in [0, 0.1) is 12.7 Å². The van der Waals surface area contributed by atoms with Crippen molar-refractivity contribution in [2.24, 2.45) is 0 Å². The summed E-state index contributed by atoms with van der Waals surface area (Å²) in [6, 6.07) is 6.99. The predicted molar refractivity (Wildman–Crippen MR) is 86.4 cm³/mol. The van der Waals surface area contributed by atoms with Crippen LogP contribution in [0.15, 0.2) is 49.3 Å². The van der Waals surface area contributed by atoms with Crippen LogP contribution in [0.5, 0.6) is 0 Å². The van der Waals surface area contributed by atoms with Gasteiger partial charge in [-0.3, -0.25) is 0 Å². The lowest BCUT2D eigenvalue weighted by Crippen LogP contribution is -2.07. The number of rotatable bonds is 4. The van der Waals surface area contributed by atoms with Crippen LogP contribution in [0.4, 0.5) is 10.2 Å². The van der Waals surface area contributed by atoms with E-state index in [9.17, 15) is 4.39 Å². The van der Waals surface area contributed by atoms with Crippen molar-refractivity contribution in [3.05, 3.63) is 66.4 Å². The van der Waals surface area contributed by atoms with Gasteiger partial charge in [-0.05, 0) is 24.6 Å². The molecule has 0 aliphatic carbocycles. The van der Waals surface area contributed by atoms with Crippen LogP contribution in [0.1, 0.15) is 11.3 Å². The highest BCUT2D eigenvalue weighted by Gasteiger charge is 2.08. The van der Waals surface area contributed by atoms with Crippen molar-refractivity contribution in [1.82, 2.24) is 29.1 Å². The molecule has 0 aliphatic heterocycles. The summed E-state index contributed by atoms with van der Waals surface area (Å²) in [5, 5.41) is 7.38. The Morgan fingerprint density at radius 3 is 2.96 bits per heavy atom. The first-order valence-electron chi connectivity index (χ1n) is 7.39. The second-order valence-electron chi connectivity index (χ2n) is 5.36. The number of hydrogen-bond donors (Lipinski definition) is 1. The number of fused-ring (bicyclic) bond motifs is 1. The third kappa shape index (κ3) is 2.58. The molecule has 0 radical (unpaired) electrons. The summed E-state index contributed by atoms with van der Waals surface area (Å²) in [7, 11) is 0. The van der Waals surface area contributed by atoms with Crippen molar-refractivity contribution in [2.75, 3.05) is 5.32 Å². The first-order valence-corrected chi connectivity index (χ1v) is 7.39. The molecule has 0 saturated carbocycles. The van der Waals surface area contributed by atoms with Crippen molar-refractivity contribution in [1.29, 1.82) is 0 Å². The molecule has 0 saturated heterocycles. The quantitative estimate of drug-likeness (QED) is 0.624.